The quantitative estimate of drug-likeness (QED) is 0.606. The maximum atomic E-state index is 13.3. The first-order valence-electron chi connectivity index (χ1n) is 9.38. The summed E-state index contributed by atoms with van der Waals surface area (Å²) in [4.78, 5) is 9.36. The molecule has 0 saturated heterocycles. The minimum Gasteiger partial charge on any atom is -0.329 e. The third-order valence-corrected chi connectivity index (χ3v) is 5.59. The molecule has 1 unspecified atom stereocenters. The van der Waals surface area contributed by atoms with Gasteiger partial charge in [0.25, 0.3) is 0 Å². The van der Waals surface area contributed by atoms with E-state index in [0.29, 0.717) is 11.6 Å². The number of nitrogens with zero attached hydrogens (tertiary/aromatic N) is 3. The standard InChI is InChI=1S/C23H19ClFN3/c24-18-8-11-20-21(14-18)28(15-16-6-9-19(25)10-7-16)23-26-12-13-27(23)22(20)17-4-2-1-3-5-17/h1-11,14,22H,12-13,15H2. The van der Waals surface area contributed by atoms with Crippen LogP contribution in [0.1, 0.15) is 22.7 Å². The maximum absolute atomic E-state index is 13.3. The zero-order valence-electron chi connectivity index (χ0n) is 15.2. The zero-order chi connectivity index (χ0) is 19.1. The molecule has 1 atom stereocenters. The summed E-state index contributed by atoms with van der Waals surface area (Å²) in [5.41, 5.74) is 4.53. The number of guanidine groups is 1. The van der Waals surface area contributed by atoms with Crippen LogP contribution in [-0.2, 0) is 6.54 Å². The fourth-order valence-corrected chi connectivity index (χ4v) is 4.28. The fourth-order valence-electron chi connectivity index (χ4n) is 4.11. The molecular formula is C23H19ClFN3. The lowest BCUT2D eigenvalue weighted by Gasteiger charge is -2.43. The van der Waals surface area contributed by atoms with E-state index in [2.05, 4.69) is 40.1 Å². The molecule has 28 heavy (non-hydrogen) atoms. The second-order valence-electron chi connectivity index (χ2n) is 7.10. The van der Waals surface area contributed by atoms with Gasteiger partial charge in [-0.2, -0.15) is 0 Å². The van der Waals surface area contributed by atoms with E-state index in [4.69, 9.17) is 16.6 Å². The van der Waals surface area contributed by atoms with E-state index in [9.17, 15) is 4.39 Å². The Morgan fingerprint density at radius 3 is 2.57 bits per heavy atom. The Morgan fingerprint density at radius 1 is 1.00 bits per heavy atom. The minimum atomic E-state index is -0.227. The van der Waals surface area contributed by atoms with E-state index in [1.165, 1.54) is 23.3 Å². The van der Waals surface area contributed by atoms with Crippen LogP contribution in [0, 0.1) is 5.82 Å². The predicted molar refractivity (Wildman–Crippen MR) is 111 cm³/mol. The van der Waals surface area contributed by atoms with Crippen molar-refractivity contribution in [1.82, 2.24) is 4.90 Å². The van der Waals surface area contributed by atoms with E-state index >= 15 is 0 Å². The van der Waals surface area contributed by atoms with Gasteiger partial charge in [-0.15, -0.1) is 0 Å². The molecule has 0 fully saturated rings. The number of hydrogen-bond donors (Lipinski definition) is 0. The van der Waals surface area contributed by atoms with Gasteiger partial charge in [-0.05, 0) is 35.4 Å². The number of benzene rings is 3. The molecule has 140 valence electrons. The van der Waals surface area contributed by atoms with Crippen molar-refractivity contribution in [3.63, 3.8) is 0 Å². The van der Waals surface area contributed by atoms with Gasteiger partial charge in [0.15, 0.2) is 0 Å². The van der Waals surface area contributed by atoms with E-state index < -0.39 is 0 Å². The number of anilines is 1. The summed E-state index contributed by atoms with van der Waals surface area (Å²) in [5, 5.41) is 0.696. The minimum absolute atomic E-state index is 0.110. The van der Waals surface area contributed by atoms with Crippen LogP contribution in [0.15, 0.2) is 77.8 Å². The molecule has 2 aliphatic rings. The van der Waals surface area contributed by atoms with E-state index in [0.717, 1.165) is 30.3 Å². The third kappa shape index (κ3) is 2.94. The van der Waals surface area contributed by atoms with Crippen LogP contribution in [0.3, 0.4) is 0 Å². The first-order chi connectivity index (χ1) is 13.7. The largest absolute Gasteiger partial charge is 0.329 e. The third-order valence-electron chi connectivity index (χ3n) is 5.35. The number of fused-ring (bicyclic) bond motifs is 2. The number of hydrogen-bond acceptors (Lipinski definition) is 3. The maximum Gasteiger partial charge on any atom is 0.202 e. The molecule has 0 aliphatic carbocycles. The van der Waals surface area contributed by atoms with Crippen molar-refractivity contribution in [2.24, 2.45) is 4.99 Å². The molecule has 3 nitrogen and oxygen atoms in total. The van der Waals surface area contributed by atoms with Gasteiger partial charge in [0.1, 0.15) is 5.82 Å². The van der Waals surface area contributed by atoms with E-state index in [1.807, 2.05) is 30.3 Å². The van der Waals surface area contributed by atoms with Gasteiger partial charge in [-0.3, -0.25) is 4.99 Å². The average Bonchev–Trinajstić information content (AvgIpc) is 3.20. The molecule has 0 saturated carbocycles. The number of rotatable bonds is 3. The highest BCUT2D eigenvalue weighted by molar-refractivity contribution is 6.31. The lowest BCUT2D eigenvalue weighted by molar-refractivity contribution is 0.373. The summed E-state index contributed by atoms with van der Waals surface area (Å²) in [6, 6.07) is 23.3. The van der Waals surface area contributed by atoms with E-state index in [1.54, 1.807) is 0 Å². The van der Waals surface area contributed by atoms with Gasteiger partial charge in [0.05, 0.1) is 24.8 Å². The van der Waals surface area contributed by atoms with Crippen LogP contribution in [-0.4, -0.2) is 23.9 Å². The smallest absolute Gasteiger partial charge is 0.202 e. The molecule has 5 heteroatoms. The summed E-state index contributed by atoms with van der Waals surface area (Å²) in [5.74, 6) is 0.725. The Morgan fingerprint density at radius 2 is 1.79 bits per heavy atom. The van der Waals surface area contributed by atoms with Crippen LogP contribution in [0.5, 0.6) is 0 Å². The molecule has 0 bridgehead atoms. The Hall–Kier alpha value is -2.85. The predicted octanol–water partition coefficient (Wildman–Crippen LogP) is 5.26. The summed E-state index contributed by atoms with van der Waals surface area (Å²) in [6.07, 6.45) is 0. The van der Waals surface area contributed by atoms with Crippen molar-refractivity contribution in [2.75, 3.05) is 18.0 Å². The Kier molecular flexibility index (Phi) is 4.29. The molecule has 0 amide bonds. The number of halogens is 2. The molecular weight excluding hydrogens is 373 g/mol. The van der Waals surface area contributed by atoms with Crippen molar-refractivity contribution >= 4 is 23.2 Å². The highest BCUT2D eigenvalue weighted by atomic mass is 35.5. The summed E-state index contributed by atoms with van der Waals surface area (Å²) in [6.45, 7) is 2.25. The molecule has 5 rings (SSSR count). The van der Waals surface area contributed by atoms with Crippen LogP contribution in [0.2, 0.25) is 5.02 Å². The summed E-state index contributed by atoms with van der Waals surface area (Å²) < 4.78 is 13.3. The molecule has 2 heterocycles. The molecule has 0 spiro atoms. The first-order valence-corrected chi connectivity index (χ1v) is 9.76. The summed E-state index contributed by atoms with van der Waals surface area (Å²) in [7, 11) is 0. The van der Waals surface area contributed by atoms with Crippen molar-refractivity contribution in [3.8, 4) is 0 Å². The van der Waals surface area contributed by atoms with E-state index in [-0.39, 0.29) is 11.9 Å². The lowest BCUT2D eigenvalue weighted by Crippen LogP contribution is -2.48. The monoisotopic (exact) mass is 391 g/mol. The number of aliphatic imine (C=N–C) groups is 1. The second-order valence-corrected chi connectivity index (χ2v) is 7.54. The zero-order valence-corrected chi connectivity index (χ0v) is 16.0. The van der Waals surface area contributed by atoms with Gasteiger partial charge >= 0.3 is 0 Å². The van der Waals surface area contributed by atoms with Gasteiger partial charge in [-0.25, -0.2) is 4.39 Å². The van der Waals surface area contributed by atoms with Gasteiger partial charge in [0, 0.05) is 17.1 Å². The Labute approximate surface area is 168 Å². The van der Waals surface area contributed by atoms with Gasteiger partial charge < -0.3 is 9.80 Å². The second kappa shape index (κ2) is 6.95. The van der Waals surface area contributed by atoms with Crippen LogP contribution >= 0.6 is 11.6 Å². The van der Waals surface area contributed by atoms with Crippen LogP contribution in [0.4, 0.5) is 10.1 Å². The van der Waals surface area contributed by atoms with Gasteiger partial charge in [-0.1, -0.05) is 60.1 Å². The van der Waals surface area contributed by atoms with Crippen molar-refractivity contribution in [3.05, 3.63) is 100 Å². The van der Waals surface area contributed by atoms with Crippen LogP contribution in [0.25, 0.3) is 0 Å². The molecule has 3 aromatic carbocycles. The van der Waals surface area contributed by atoms with Crippen molar-refractivity contribution < 1.29 is 4.39 Å². The topological polar surface area (TPSA) is 18.8 Å². The highest BCUT2D eigenvalue weighted by Gasteiger charge is 2.38. The van der Waals surface area contributed by atoms with Crippen LogP contribution < -0.4 is 4.90 Å². The Bertz CT molecular complexity index is 1030. The highest BCUT2D eigenvalue weighted by Crippen LogP contribution is 2.43. The van der Waals surface area contributed by atoms with Crippen molar-refractivity contribution in [2.45, 2.75) is 12.6 Å². The average molecular weight is 392 g/mol. The molecule has 3 aromatic rings. The first kappa shape index (κ1) is 17.3. The normalized spacial score (nSPS) is 17.9. The lowest BCUT2D eigenvalue weighted by atomic mass is 9.93. The van der Waals surface area contributed by atoms with Crippen molar-refractivity contribution in [1.29, 1.82) is 0 Å². The molecule has 2 aliphatic heterocycles. The van der Waals surface area contributed by atoms with Gasteiger partial charge in [0.2, 0.25) is 5.96 Å². The molecule has 0 N–H and O–H groups in total. The Balaban J connectivity index is 1.64. The SMILES string of the molecule is Fc1ccc(CN2C3=NCCN3C(c3ccccc3)c3ccc(Cl)cc32)cc1. The molecule has 0 radical (unpaired) electrons. The fraction of sp³-hybridized carbons (Fsp3) is 0.174. The summed E-state index contributed by atoms with van der Waals surface area (Å²) >= 11 is 6.37. The molecule has 0 aromatic heterocycles.